The Morgan fingerprint density at radius 1 is 1.00 bits per heavy atom. The highest BCUT2D eigenvalue weighted by Crippen LogP contribution is 2.45. The second kappa shape index (κ2) is 6.36. The molecule has 0 aromatic heterocycles. The molecule has 1 aliphatic heterocycles. The molecule has 2 saturated carbocycles. The molecular weight excluding hydrogens is 244 g/mol. The van der Waals surface area contributed by atoms with Crippen LogP contribution in [0, 0.1) is 11.3 Å². The predicted octanol–water partition coefficient (Wildman–Crippen LogP) is 3.94. The van der Waals surface area contributed by atoms with E-state index in [1.807, 2.05) is 0 Å². The van der Waals surface area contributed by atoms with Crippen molar-refractivity contribution in [1.82, 2.24) is 4.90 Å². The summed E-state index contributed by atoms with van der Waals surface area (Å²) in [6.45, 7) is 5.01. The van der Waals surface area contributed by atoms with Crippen LogP contribution in [0.25, 0.3) is 0 Å². The standard InChI is InChI=1S/C18H34N2/c1-2-15-6-7-16(19)17(14-15)20-12-10-18(11-13-20)8-4-3-5-9-18/h15-17H,2-14,19H2,1H3. The van der Waals surface area contributed by atoms with E-state index in [2.05, 4.69) is 11.8 Å². The van der Waals surface area contributed by atoms with Crippen LogP contribution < -0.4 is 5.73 Å². The van der Waals surface area contributed by atoms with Crippen LogP contribution in [0.1, 0.15) is 77.6 Å². The fourth-order valence-corrected chi connectivity index (χ4v) is 5.18. The van der Waals surface area contributed by atoms with Crippen LogP contribution in [0.15, 0.2) is 0 Å². The Bertz CT molecular complexity index is 299. The van der Waals surface area contributed by atoms with Gasteiger partial charge in [-0.2, -0.15) is 0 Å². The van der Waals surface area contributed by atoms with E-state index in [9.17, 15) is 0 Å². The van der Waals surface area contributed by atoms with Crippen molar-refractivity contribution in [3.63, 3.8) is 0 Å². The molecule has 0 radical (unpaired) electrons. The molecule has 2 N–H and O–H groups in total. The van der Waals surface area contributed by atoms with E-state index in [-0.39, 0.29) is 0 Å². The summed E-state index contributed by atoms with van der Waals surface area (Å²) in [7, 11) is 0. The van der Waals surface area contributed by atoms with Crippen molar-refractivity contribution in [2.24, 2.45) is 17.1 Å². The summed E-state index contributed by atoms with van der Waals surface area (Å²) in [4.78, 5) is 2.77. The Balaban J connectivity index is 1.56. The maximum absolute atomic E-state index is 6.46. The summed E-state index contributed by atoms with van der Waals surface area (Å²) < 4.78 is 0. The topological polar surface area (TPSA) is 29.3 Å². The third-order valence-corrected chi connectivity index (χ3v) is 6.80. The summed E-state index contributed by atoms with van der Waals surface area (Å²) in [5.74, 6) is 0.936. The Morgan fingerprint density at radius 3 is 2.35 bits per heavy atom. The van der Waals surface area contributed by atoms with Crippen LogP contribution in [0.5, 0.6) is 0 Å². The van der Waals surface area contributed by atoms with Gasteiger partial charge in [0.2, 0.25) is 0 Å². The highest BCUT2D eigenvalue weighted by molar-refractivity contribution is 4.94. The zero-order chi connectivity index (χ0) is 14.0. The van der Waals surface area contributed by atoms with E-state index >= 15 is 0 Å². The molecule has 3 fully saturated rings. The summed E-state index contributed by atoms with van der Waals surface area (Å²) in [5.41, 5.74) is 7.19. The smallest absolute Gasteiger partial charge is 0.0249 e. The lowest BCUT2D eigenvalue weighted by Crippen LogP contribution is -2.54. The summed E-state index contributed by atoms with van der Waals surface area (Å²) in [6.07, 6.45) is 15.7. The third-order valence-electron chi connectivity index (χ3n) is 6.80. The second-order valence-corrected chi connectivity index (χ2v) is 7.92. The van der Waals surface area contributed by atoms with Gasteiger partial charge in [0.1, 0.15) is 0 Å². The van der Waals surface area contributed by atoms with Crippen molar-refractivity contribution >= 4 is 0 Å². The van der Waals surface area contributed by atoms with Gasteiger partial charge in [0.25, 0.3) is 0 Å². The molecule has 3 aliphatic rings. The normalized spacial score (nSPS) is 39.0. The molecular formula is C18H34N2. The zero-order valence-electron chi connectivity index (χ0n) is 13.4. The first-order valence-electron chi connectivity index (χ1n) is 9.22. The monoisotopic (exact) mass is 278 g/mol. The van der Waals surface area contributed by atoms with E-state index in [4.69, 9.17) is 5.73 Å². The molecule has 0 aromatic rings. The molecule has 1 heterocycles. The first-order chi connectivity index (χ1) is 9.72. The number of nitrogens with two attached hydrogens (primary N) is 1. The van der Waals surface area contributed by atoms with Crippen LogP contribution in [0.4, 0.5) is 0 Å². The van der Waals surface area contributed by atoms with Crippen molar-refractivity contribution in [3.05, 3.63) is 0 Å². The van der Waals surface area contributed by atoms with Crippen molar-refractivity contribution < 1.29 is 0 Å². The maximum Gasteiger partial charge on any atom is 0.0249 e. The number of piperidine rings is 1. The van der Waals surface area contributed by atoms with E-state index in [0.717, 1.165) is 11.3 Å². The molecule has 0 bridgehead atoms. The Morgan fingerprint density at radius 2 is 1.70 bits per heavy atom. The zero-order valence-corrected chi connectivity index (χ0v) is 13.4. The Kier molecular flexibility index (Phi) is 4.72. The molecule has 1 saturated heterocycles. The fourth-order valence-electron chi connectivity index (χ4n) is 5.18. The van der Waals surface area contributed by atoms with Crippen molar-refractivity contribution in [1.29, 1.82) is 0 Å². The lowest BCUT2D eigenvalue weighted by molar-refractivity contribution is 0.0211. The molecule has 3 rings (SSSR count). The highest BCUT2D eigenvalue weighted by Gasteiger charge is 2.39. The van der Waals surface area contributed by atoms with Crippen molar-refractivity contribution in [2.75, 3.05) is 13.1 Å². The molecule has 1 spiro atoms. The van der Waals surface area contributed by atoms with Crippen LogP contribution >= 0.6 is 0 Å². The SMILES string of the molecule is CCC1CCC(N)C(N2CCC3(CCCCC3)CC2)C1. The van der Waals surface area contributed by atoms with Crippen molar-refractivity contribution in [2.45, 2.75) is 89.6 Å². The average molecular weight is 278 g/mol. The Labute approximate surface area is 125 Å². The maximum atomic E-state index is 6.46. The van der Waals surface area contributed by atoms with Crippen LogP contribution in [-0.2, 0) is 0 Å². The van der Waals surface area contributed by atoms with Gasteiger partial charge < -0.3 is 5.73 Å². The average Bonchev–Trinajstić information content (AvgIpc) is 2.50. The van der Waals surface area contributed by atoms with Gasteiger partial charge in [-0.3, -0.25) is 4.90 Å². The number of hydrogen-bond acceptors (Lipinski definition) is 2. The summed E-state index contributed by atoms with van der Waals surface area (Å²) >= 11 is 0. The minimum atomic E-state index is 0.443. The lowest BCUT2D eigenvalue weighted by Gasteiger charge is -2.49. The third kappa shape index (κ3) is 3.06. The summed E-state index contributed by atoms with van der Waals surface area (Å²) in [5, 5.41) is 0. The molecule has 116 valence electrons. The van der Waals surface area contributed by atoms with Gasteiger partial charge in [-0.05, 0) is 69.4 Å². The number of hydrogen-bond donors (Lipinski definition) is 1. The van der Waals surface area contributed by atoms with Gasteiger partial charge in [-0.25, -0.2) is 0 Å². The van der Waals surface area contributed by atoms with Gasteiger partial charge >= 0.3 is 0 Å². The molecule has 2 aliphatic carbocycles. The van der Waals surface area contributed by atoms with Gasteiger partial charge in [-0.15, -0.1) is 0 Å². The van der Waals surface area contributed by atoms with Gasteiger partial charge in [0.15, 0.2) is 0 Å². The first-order valence-corrected chi connectivity index (χ1v) is 9.22. The van der Waals surface area contributed by atoms with E-state index in [0.29, 0.717) is 12.1 Å². The minimum Gasteiger partial charge on any atom is -0.326 e. The molecule has 20 heavy (non-hydrogen) atoms. The van der Waals surface area contributed by atoms with Gasteiger partial charge in [0, 0.05) is 12.1 Å². The summed E-state index contributed by atoms with van der Waals surface area (Å²) in [6, 6.07) is 1.13. The number of rotatable bonds is 2. The first kappa shape index (κ1) is 14.8. The molecule has 3 unspecified atom stereocenters. The molecule has 2 heteroatoms. The van der Waals surface area contributed by atoms with Crippen LogP contribution in [-0.4, -0.2) is 30.1 Å². The molecule has 3 atom stereocenters. The Hall–Kier alpha value is -0.0800. The predicted molar refractivity (Wildman–Crippen MR) is 85.7 cm³/mol. The molecule has 0 amide bonds. The molecule has 0 aromatic carbocycles. The second-order valence-electron chi connectivity index (χ2n) is 7.92. The highest BCUT2D eigenvalue weighted by atomic mass is 15.2. The van der Waals surface area contributed by atoms with E-state index < -0.39 is 0 Å². The lowest BCUT2D eigenvalue weighted by atomic mass is 9.67. The quantitative estimate of drug-likeness (QED) is 0.829. The van der Waals surface area contributed by atoms with Gasteiger partial charge in [0.05, 0.1) is 0 Å². The fraction of sp³-hybridized carbons (Fsp3) is 1.00. The van der Waals surface area contributed by atoms with Crippen LogP contribution in [0.3, 0.4) is 0 Å². The van der Waals surface area contributed by atoms with Crippen LogP contribution in [0.2, 0.25) is 0 Å². The number of likely N-dealkylation sites (tertiary alicyclic amines) is 1. The van der Waals surface area contributed by atoms with Crippen molar-refractivity contribution in [3.8, 4) is 0 Å². The van der Waals surface area contributed by atoms with E-state index in [1.165, 1.54) is 83.7 Å². The van der Waals surface area contributed by atoms with E-state index in [1.54, 1.807) is 0 Å². The minimum absolute atomic E-state index is 0.443. The number of nitrogens with zero attached hydrogens (tertiary/aromatic N) is 1. The largest absolute Gasteiger partial charge is 0.326 e. The van der Waals surface area contributed by atoms with Gasteiger partial charge in [-0.1, -0.05) is 32.6 Å². The molecule has 2 nitrogen and oxygen atoms in total.